The SMILES string of the molecule is CC1(OC(=O)C2CC3CC2C2C4CC(C5OC45)C32)CCCC1. The van der Waals surface area contributed by atoms with Crippen LogP contribution in [0.1, 0.15) is 51.9 Å². The number of esters is 1. The highest BCUT2D eigenvalue weighted by Gasteiger charge is 2.74. The predicted molar refractivity (Wildman–Crippen MR) is 79.9 cm³/mol. The second kappa shape index (κ2) is 3.91. The highest BCUT2D eigenvalue weighted by Crippen LogP contribution is 2.73. The minimum Gasteiger partial charge on any atom is -0.459 e. The number of hydrogen-bond acceptors (Lipinski definition) is 3. The number of epoxide rings is 1. The summed E-state index contributed by atoms with van der Waals surface area (Å²) in [5.41, 5.74) is -0.155. The Kier molecular flexibility index (Phi) is 2.27. The molecule has 22 heavy (non-hydrogen) atoms. The Morgan fingerprint density at radius 2 is 1.73 bits per heavy atom. The minimum absolute atomic E-state index is 0.145. The fourth-order valence-corrected chi connectivity index (χ4v) is 7.66. The van der Waals surface area contributed by atoms with Gasteiger partial charge in [-0.1, -0.05) is 0 Å². The number of hydrogen-bond donors (Lipinski definition) is 0. The summed E-state index contributed by atoms with van der Waals surface area (Å²) >= 11 is 0. The van der Waals surface area contributed by atoms with Gasteiger partial charge in [0.1, 0.15) is 5.60 Å². The van der Waals surface area contributed by atoms with Crippen molar-refractivity contribution in [1.29, 1.82) is 0 Å². The first-order chi connectivity index (χ1) is 10.6. The fourth-order valence-electron chi connectivity index (χ4n) is 7.66. The third-order valence-electron chi connectivity index (χ3n) is 8.38. The van der Waals surface area contributed by atoms with Crippen molar-refractivity contribution in [3.63, 3.8) is 0 Å². The third-order valence-corrected chi connectivity index (χ3v) is 8.38. The molecule has 0 amide bonds. The summed E-state index contributed by atoms with van der Waals surface area (Å²) in [6, 6.07) is 0. The van der Waals surface area contributed by atoms with Crippen LogP contribution in [0.25, 0.3) is 0 Å². The molecule has 3 nitrogen and oxygen atoms in total. The van der Waals surface area contributed by atoms with Crippen LogP contribution in [-0.4, -0.2) is 23.8 Å². The van der Waals surface area contributed by atoms with E-state index in [1.807, 2.05) is 0 Å². The van der Waals surface area contributed by atoms with E-state index in [0.29, 0.717) is 18.1 Å². The van der Waals surface area contributed by atoms with E-state index in [0.717, 1.165) is 48.9 Å². The molecule has 9 unspecified atom stereocenters. The molecular formula is C19H26O3. The van der Waals surface area contributed by atoms with Gasteiger partial charge in [0.25, 0.3) is 0 Å². The van der Waals surface area contributed by atoms with Gasteiger partial charge in [-0.05, 0) is 87.4 Å². The van der Waals surface area contributed by atoms with Crippen LogP contribution in [0.15, 0.2) is 0 Å². The van der Waals surface area contributed by atoms with Gasteiger partial charge in [0, 0.05) is 0 Å². The maximum atomic E-state index is 12.8. The molecular weight excluding hydrogens is 276 g/mol. The lowest BCUT2D eigenvalue weighted by atomic mass is 9.67. The predicted octanol–water partition coefficient (Wildman–Crippen LogP) is 3.17. The van der Waals surface area contributed by atoms with E-state index in [1.54, 1.807) is 0 Å². The topological polar surface area (TPSA) is 38.8 Å². The second-order valence-electron chi connectivity index (χ2n) is 9.36. The molecule has 4 bridgehead atoms. The molecule has 6 rings (SSSR count). The number of fused-ring (bicyclic) bond motifs is 12. The maximum Gasteiger partial charge on any atom is 0.309 e. The Hall–Kier alpha value is -0.570. The molecule has 0 aromatic carbocycles. The molecule has 6 aliphatic rings. The zero-order valence-electron chi connectivity index (χ0n) is 13.4. The van der Waals surface area contributed by atoms with Crippen LogP contribution in [0, 0.1) is 41.4 Å². The van der Waals surface area contributed by atoms with Gasteiger partial charge in [0.05, 0.1) is 18.1 Å². The minimum atomic E-state index is -0.155. The van der Waals surface area contributed by atoms with E-state index < -0.39 is 0 Å². The van der Waals surface area contributed by atoms with Crippen LogP contribution < -0.4 is 0 Å². The summed E-state index contributed by atoms with van der Waals surface area (Å²) < 4.78 is 11.9. The van der Waals surface area contributed by atoms with Crippen molar-refractivity contribution in [3.05, 3.63) is 0 Å². The molecule has 120 valence electrons. The van der Waals surface area contributed by atoms with Crippen LogP contribution in [0.3, 0.4) is 0 Å². The van der Waals surface area contributed by atoms with E-state index in [1.165, 1.54) is 25.7 Å². The number of ether oxygens (including phenoxy) is 2. The largest absolute Gasteiger partial charge is 0.459 e. The summed E-state index contributed by atoms with van der Waals surface area (Å²) in [4.78, 5) is 12.8. The van der Waals surface area contributed by atoms with E-state index in [-0.39, 0.29) is 17.5 Å². The summed E-state index contributed by atoms with van der Waals surface area (Å²) in [5, 5.41) is 0. The van der Waals surface area contributed by atoms with Crippen molar-refractivity contribution < 1.29 is 14.3 Å². The summed E-state index contributed by atoms with van der Waals surface area (Å²) in [5.74, 6) is 5.08. The van der Waals surface area contributed by atoms with Crippen molar-refractivity contribution in [3.8, 4) is 0 Å². The zero-order chi connectivity index (χ0) is 14.6. The van der Waals surface area contributed by atoms with Crippen LogP contribution in [0.5, 0.6) is 0 Å². The average Bonchev–Trinajstić information content (AvgIpc) is 2.97. The molecule has 0 radical (unpaired) electrons. The molecule has 1 saturated heterocycles. The molecule has 9 atom stereocenters. The number of carbonyl (C=O) groups excluding carboxylic acids is 1. The van der Waals surface area contributed by atoms with Gasteiger partial charge >= 0.3 is 5.97 Å². The van der Waals surface area contributed by atoms with Gasteiger partial charge in [-0.15, -0.1) is 0 Å². The first-order valence-corrected chi connectivity index (χ1v) is 9.53. The van der Waals surface area contributed by atoms with E-state index in [2.05, 4.69) is 6.92 Å². The average molecular weight is 302 g/mol. The third kappa shape index (κ3) is 1.45. The molecule has 1 heterocycles. The highest BCUT2D eigenvalue weighted by molar-refractivity contribution is 5.74. The quantitative estimate of drug-likeness (QED) is 0.447. The summed E-state index contributed by atoms with van der Waals surface area (Å²) in [6.45, 7) is 2.15. The van der Waals surface area contributed by atoms with Crippen LogP contribution >= 0.6 is 0 Å². The molecule has 0 spiro atoms. The normalized spacial score (nSPS) is 58.7. The molecule has 0 aromatic rings. The van der Waals surface area contributed by atoms with E-state index >= 15 is 0 Å². The van der Waals surface area contributed by atoms with Crippen molar-refractivity contribution in [1.82, 2.24) is 0 Å². The van der Waals surface area contributed by atoms with Crippen molar-refractivity contribution in [2.45, 2.75) is 69.7 Å². The van der Waals surface area contributed by atoms with Crippen molar-refractivity contribution in [2.75, 3.05) is 0 Å². The van der Waals surface area contributed by atoms with Gasteiger partial charge in [0.2, 0.25) is 0 Å². The van der Waals surface area contributed by atoms with Crippen molar-refractivity contribution >= 4 is 5.97 Å². The first kappa shape index (κ1) is 12.8. The lowest BCUT2D eigenvalue weighted by molar-refractivity contribution is -0.166. The Morgan fingerprint density at radius 3 is 2.50 bits per heavy atom. The smallest absolute Gasteiger partial charge is 0.309 e. The molecule has 6 fully saturated rings. The van der Waals surface area contributed by atoms with E-state index in [9.17, 15) is 4.79 Å². The van der Waals surface area contributed by atoms with Crippen LogP contribution in [0.4, 0.5) is 0 Å². The maximum absolute atomic E-state index is 12.8. The molecule has 0 aromatic heterocycles. The molecule has 0 N–H and O–H groups in total. The van der Waals surface area contributed by atoms with Gasteiger partial charge in [0.15, 0.2) is 0 Å². The fraction of sp³-hybridized carbons (Fsp3) is 0.947. The molecule has 5 saturated carbocycles. The highest BCUT2D eigenvalue weighted by atomic mass is 16.6. The Bertz CT molecular complexity index is 537. The summed E-state index contributed by atoms with van der Waals surface area (Å²) in [7, 11) is 0. The van der Waals surface area contributed by atoms with Crippen molar-refractivity contribution in [2.24, 2.45) is 41.4 Å². The number of rotatable bonds is 2. The first-order valence-electron chi connectivity index (χ1n) is 9.53. The van der Waals surface area contributed by atoms with E-state index in [4.69, 9.17) is 9.47 Å². The lowest BCUT2D eigenvalue weighted by Gasteiger charge is -2.37. The Labute approximate surface area is 132 Å². The molecule has 3 heteroatoms. The monoisotopic (exact) mass is 302 g/mol. The molecule has 5 aliphatic carbocycles. The van der Waals surface area contributed by atoms with Gasteiger partial charge in [-0.2, -0.15) is 0 Å². The van der Waals surface area contributed by atoms with Gasteiger partial charge < -0.3 is 9.47 Å². The number of carbonyl (C=O) groups is 1. The zero-order valence-corrected chi connectivity index (χ0v) is 13.4. The van der Waals surface area contributed by atoms with Crippen LogP contribution in [-0.2, 0) is 14.3 Å². The van der Waals surface area contributed by atoms with Gasteiger partial charge in [-0.25, -0.2) is 0 Å². The standard InChI is InChI=1S/C19H26O3/c1-19(4-2-3-5-19)22-18(20)11-7-9-6-10(11)15-13-8-12(14(9)15)16-17(13)21-16/h9-17H,2-8H2,1H3. The second-order valence-corrected chi connectivity index (χ2v) is 9.36. The Morgan fingerprint density at radius 1 is 1.00 bits per heavy atom. The van der Waals surface area contributed by atoms with Crippen LogP contribution in [0.2, 0.25) is 0 Å². The lowest BCUT2D eigenvalue weighted by Crippen LogP contribution is -2.40. The summed E-state index contributed by atoms with van der Waals surface area (Å²) in [6.07, 6.45) is 9.58. The van der Waals surface area contributed by atoms with Gasteiger partial charge in [-0.3, -0.25) is 4.79 Å². The molecule has 1 aliphatic heterocycles. The Balaban J connectivity index is 1.22.